The van der Waals surface area contributed by atoms with Gasteiger partial charge in [-0.25, -0.2) is 9.97 Å². The van der Waals surface area contributed by atoms with Crippen LogP contribution in [0.3, 0.4) is 0 Å². The fourth-order valence-corrected chi connectivity index (χ4v) is 1.00. The number of rotatable bonds is 1. The van der Waals surface area contributed by atoms with Crippen molar-refractivity contribution in [3.05, 3.63) is 18.1 Å². The Labute approximate surface area is 70.4 Å². The van der Waals surface area contributed by atoms with Gasteiger partial charge in [0.15, 0.2) is 5.65 Å². The standard InChI is InChI=1S/C7H8N4O/c1-5-3-8-7(12-2)11-6(5)9-4-10-11/h3-4H,1-2H3/i4T. The highest BCUT2D eigenvalue weighted by atomic mass is 16.5. The number of nitrogens with zero attached hydrogens (tertiary/aromatic N) is 4. The molecule has 0 atom stereocenters. The molecule has 2 aromatic heterocycles. The Kier molecular flexibility index (Phi) is 1.21. The number of aromatic nitrogens is 4. The molecule has 0 bridgehead atoms. The highest BCUT2D eigenvalue weighted by Gasteiger charge is 2.05. The molecule has 0 saturated carbocycles. The van der Waals surface area contributed by atoms with Crippen molar-refractivity contribution in [2.75, 3.05) is 7.11 Å². The molecule has 62 valence electrons. The van der Waals surface area contributed by atoms with E-state index in [4.69, 9.17) is 6.11 Å². The zero-order valence-electron chi connectivity index (χ0n) is 7.77. The van der Waals surface area contributed by atoms with Crippen LogP contribution < -0.4 is 4.74 Å². The summed E-state index contributed by atoms with van der Waals surface area (Å²) in [5.74, 6) is 0. The topological polar surface area (TPSA) is 52.3 Å². The summed E-state index contributed by atoms with van der Waals surface area (Å²) in [6, 6.07) is 0.339. The molecule has 2 heterocycles. The summed E-state index contributed by atoms with van der Waals surface area (Å²) < 4.78 is 13.6. The fraction of sp³-hybridized carbons (Fsp3) is 0.286. The molecule has 2 rings (SSSR count). The van der Waals surface area contributed by atoms with Crippen molar-refractivity contribution >= 4 is 5.65 Å². The molecule has 0 radical (unpaired) electrons. The Hall–Kier alpha value is -1.65. The van der Waals surface area contributed by atoms with E-state index < -0.39 is 0 Å². The first kappa shape index (κ1) is 5.93. The van der Waals surface area contributed by atoms with Gasteiger partial charge >= 0.3 is 6.01 Å². The van der Waals surface area contributed by atoms with Crippen molar-refractivity contribution in [3.8, 4) is 6.01 Å². The maximum absolute atomic E-state index is 7.27. The summed E-state index contributed by atoms with van der Waals surface area (Å²) >= 11 is 0. The van der Waals surface area contributed by atoms with Crippen molar-refractivity contribution in [1.82, 2.24) is 19.6 Å². The molecular weight excluding hydrogens is 156 g/mol. The van der Waals surface area contributed by atoms with Crippen LogP contribution >= 0.6 is 0 Å². The summed E-state index contributed by atoms with van der Waals surface area (Å²) in [6.45, 7) is 1.86. The lowest BCUT2D eigenvalue weighted by molar-refractivity contribution is 0.367. The summed E-state index contributed by atoms with van der Waals surface area (Å²) in [6.07, 6.45) is 1.61. The Morgan fingerprint density at radius 1 is 1.58 bits per heavy atom. The maximum atomic E-state index is 7.27. The van der Waals surface area contributed by atoms with Crippen LogP contribution in [0.2, 0.25) is 0 Å². The van der Waals surface area contributed by atoms with Crippen molar-refractivity contribution in [2.24, 2.45) is 0 Å². The lowest BCUT2D eigenvalue weighted by Crippen LogP contribution is -1.99. The van der Waals surface area contributed by atoms with Gasteiger partial charge in [-0.05, 0) is 6.92 Å². The number of hydrogen-bond acceptors (Lipinski definition) is 4. The van der Waals surface area contributed by atoms with E-state index in [1.54, 1.807) is 6.20 Å². The van der Waals surface area contributed by atoms with Crippen LogP contribution in [0.25, 0.3) is 5.65 Å². The normalized spacial score (nSPS) is 11.7. The SMILES string of the molecule is [3H]c1nc2c(C)cnc(OC)n2n1. The predicted octanol–water partition coefficient (Wildman–Crippen LogP) is 0.441. The first-order valence-electron chi connectivity index (χ1n) is 3.95. The van der Waals surface area contributed by atoms with Gasteiger partial charge in [0, 0.05) is 11.8 Å². The first-order chi connectivity index (χ1) is 6.22. The second-order valence-corrected chi connectivity index (χ2v) is 2.38. The van der Waals surface area contributed by atoms with Crippen molar-refractivity contribution < 1.29 is 6.11 Å². The zero-order valence-corrected chi connectivity index (χ0v) is 6.77. The predicted molar refractivity (Wildman–Crippen MR) is 42.1 cm³/mol. The molecule has 0 saturated heterocycles. The Morgan fingerprint density at radius 2 is 2.42 bits per heavy atom. The van der Waals surface area contributed by atoms with E-state index in [2.05, 4.69) is 15.1 Å². The minimum atomic E-state index is -0.0330. The molecule has 0 spiro atoms. The summed E-state index contributed by atoms with van der Waals surface area (Å²) in [7, 11) is 1.50. The molecule has 0 aliphatic heterocycles. The fourth-order valence-electron chi connectivity index (χ4n) is 1.00. The molecule has 0 aliphatic carbocycles. The van der Waals surface area contributed by atoms with E-state index in [1.165, 1.54) is 11.6 Å². The van der Waals surface area contributed by atoms with Gasteiger partial charge in [-0.2, -0.15) is 9.61 Å². The van der Waals surface area contributed by atoms with Crippen LogP contribution in [-0.4, -0.2) is 26.7 Å². The third kappa shape index (κ3) is 0.827. The van der Waals surface area contributed by atoms with Gasteiger partial charge < -0.3 is 4.74 Å². The molecule has 0 fully saturated rings. The first-order valence-corrected chi connectivity index (χ1v) is 3.45. The minimum absolute atomic E-state index is 0.0330. The van der Waals surface area contributed by atoms with E-state index >= 15 is 0 Å². The van der Waals surface area contributed by atoms with E-state index in [-0.39, 0.29) is 6.30 Å². The zero-order chi connectivity index (χ0) is 9.42. The highest BCUT2D eigenvalue weighted by Crippen LogP contribution is 2.10. The molecule has 0 N–H and O–H groups in total. The average molecular weight is 166 g/mol. The lowest BCUT2D eigenvalue weighted by Gasteiger charge is -2.01. The monoisotopic (exact) mass is 166 g/mol. The largest absolute Gasteiger partial charge is 0.467 e. The second kappa shape index (κ2) is 2.44. The number of aryl methyl sites for hydroxylation is 1. The van der Waals surface area contributed by atoms with E-state index in [0.717, 1.165) is 5.56 Å². The van der Waals surface area contributed by atoms with Crippen LogP contribution in [0.15, 0.2) is 12.5 Å². The van der Waals surface area contributed by atoms with Crippen molar-refractivity contribution in [3.63, 3.8) is 0 Å². The molecule has 0 aliphatic rings. The summed E-state index contributed by atoms with van der Waals surface area (Å²) in [4.78, 5) is 7.91. The molecule has 12 heavy (non-hydrogen) atoms. The number of fused-ring (bicyclic) bond motifs is 1. The lowest BCUT2D eigenvalue weighted by atomic mass is 10.4. The van der Waals surface area contributed by atoms with Crippen LogP contribution in [-0.2, 0) is 0 Å². The molecule has 0 amide bonds. The van der Waals surface area contributed by atoms with Gasteiger partial charge in [0.1, 0.15) is 7.67 Å². The van der Waals surface area contributed by atoms with Crippen LogP contribution in [0.4, 0.5) is 0 Å². The minimum Gasteiger partial charge on any atom is -0.467 e. The van der Waals surface area contributed by atoms with Gasteiger partial charge in [-0.1, -0.05) is 0 Å². The van der Waals surface area contributed by atoms with Crippen LogP contribution in [0, 0.1) is 6.92 Å². The maximum Gasteiger partial charge on any atom is 0.319 e. The molecule has 0 unspecified atom stereocenters. The average Bonchev–Trinajstić information content (AvgIpc) is 2.48. The number of methoxy groups -OCH3 is 1. The van der Waals surface area contributed by atoms with Gasteiger partial charge in [0.2, 0.25) is 0 Å². The Morgan fingerprint density at radius 3 is 3.17 bits per heavy atom. The third-order valence-corrected chi connectivity index (χ3v) is 1.59. The van der Waals surface area contributed by atoms with Crippen LogP contribution in [0.5, 0.6) is 6.01 Å². The van der Waals surface area contributed by atoms with Crippen LogP contribution in [0.1, 0.15) is 6.93 Å². The molecule has 5 heteroatoms. The van der Waals surface area contributed by atoms with Gasteiger partial charge in [0.05, 0.1) is 7.11 Å². The summed E-state index contributed by atoms with van der Waals surface area (Å²) in [5, 5.41) is 3.83. The smallest absolute Gasteiger partial charge is 0.319 e. The number of hydrogen-bond donors (Lipinski definition) is 0. The Bertz CT molecular complexity index is 453. The summed E-state index contributed by atoms with van der Waals surface area (Å²) in [5.41, 5.74) is 1.48. The van der Waals surface area contributed by atoms with Crippen molar-refractivity contribution in [1.29, 1.82) is 0 Å². The van der Waals surface area contributed by atoms with Crippen molar-refractivity contribution in [2.45, 2.75) is 6.92 Å². The quantitative estimate of drug-likeness (QED) is 0.616. The van der Waals surface area contributed by atoms with E-state index in [9.17, 15) is 0 Å². The highest BCUT2D eigenvalue weighted by molar-refractivity contribution is 5.45. The van der Waals surface area contributed by atoms with E-state index in [1.807, 2.05) is 6.92 Å². The van der Waals surface area contributed by atoms with E-state index in [0.29, 0.717) is 11.7 Å². The molecule has 2 aromatic rings. The molecule has 0 aromatic carbocycles. The molecule has 5 nitrogen and oxygen atoms in total. The van der Waals surface area contributed by atoms with Gasteiger partial charge in [0.25, 0.3) is 0 Å². The molecular formula is C7H8N4O. The Balaban J connectivity index is 2.83. The number of ether oxygens (including phenoxy) is 1. The third-order valence-electron chi connectivity index (χ3n) is 1.59. The van der Waals surface area contributed by atoms with Gasteiger partial charge in [-0.3, -0.25) is 0 Å². The van der Waals surface area contributed by atoms with Gasteiger partial charge in [-0.15, -0.1) is 0 Å². The second-order valence-electron chi connectivity index (χ2n) is 2.38.